The highest BCUT2D eigenvalue weighted by molar-refractivity contribution is 9.10. The van der Waals surface area contributed by atoms with E-state index >= 15 is 0 Å². The number of carbonyl (C=O) groups is 2. The quantitative estimate of drug-likeness (QED) is 0.234. The third-order valence-electron chi connectivity index (χ3n) is 5.30. The van der Waals surface area contributed by atoms with Gasteiger partial charge in [-0.15, -0.1) is 0 Å². The number of nitrogens with zero attached hydrogens (tertiary/aromatic N) is 1. The van der Waals surface area contributed by atoms with Crippen molar-refractivity contribution in [1.29, 1.82) is 5.26 Å². The largest absolute Gasteiger partial charge is 0.490 e. The van der Waals surface area contributed by atoms with Crippen LogP contribution in [0.4, 0.5) is 11.4 Å². The molecule has 37 heavy (non-hydrogen) atoms. The Hall–Kier alpha value is -4.09. The number of ether oxygens (including phenoxy) is 2. The van der Waals surface area contributed by atoms with Gasteiger partial charge in [0.15, 0.2) is 18.1 Å². The monoisotopic (exact) mass is 561 g/mol. The summed E-state index contributed by atoms with van der Waals surface area (Å²) in [6.07, 6.45) is 1.47. The van der Waals surface area contributed by atoms with E-state index in [0.29, 0.717) is 33.8 Å². The Bertz CT molecular complexity index is 1390. The van der Waals surface area contributed by atoms with Gasteiger partial charge in [-0.2, -0.15) is 5.26 Å². The van der Waals surface area contributed by atoms with E-state index in [4.69, 9.17) is 9.47 Å². The zero-order chi connectivity index (χ0) is 26.9. The van der Waals surface area contributed by atoms with Gasteiger partial charge in [0.05, 0.1) is 11.1 Å². The summed E-state index contributed by atoms with van der Waals surface area (Å²) < 4.78 is 12.0. The van der Waals surface area contributed by atoms with E-state index in [1.807, 2.05) is 70.2 Å². The zero-order valence-electron chi connectivity index (χ0n) is 21.1. The molecule has 3 aromatic carbocycles. The van der Waals surface area contributed by atoms with E-state index < -0.39 is 5.91 Å². The summed E-state index contributed by atoms with van der Waals surface area (Å²) in [7, 11) is 0. The Morgan fingerprint density at radius 2 is 1.76 bits per heavy atom. The number of rotatable bonds is 9. The van der Waals surface area contributed by atoms with Gasteiger partial charge in [-0.3, -0.25) is 9.59 Å². The standard InChI is InChI=1S/C29H28BrN3O4/c1-5-36-26-15-21(13-22(16-31)29(35)32-23-8-6-7-18(2)11-23)14-24(30)28(26)37-17-27(34)33-25-12-19(3)9-10-20(25)4/h6-15H,5,17H2,1-4H3,(H,32,35)(H,33,34)/b22-13+. The van der Waals surface area contributed by atoms with E-state index in [0.717, 1.165) is 22.4 Å². The number of carbonyl (C=O) groups excluding carboxylic acids is 2. The number of hydrogen-bond donors (Lipinski definition) is 2. The van der Waals surface area contributed by atoms with Crippen LogP contribution in [0.3, 0.4) is 0 Å². The molecule has 0 aromatic heterocycles. The van der Waals surface area contributed by atoms with Gasteiger partial charge < -0.3 is 20.1 Å². The van der Waals surface area contributed by atoms with Crippen molar-refractivity contribution in [3.05, 3.63) is 86.9 Å². The summed E-state index contributed by atoms with van der Waals surface area (Å²) in [5.74, 6) is -0.117. The van der Waals surface area contributed by atoms with Gasteiger partial charge >= 0.3 is 0 Å². The molecule has 0 saturated heterocycles. The number of nitriles is 1. The second kappa shape index (κ2) is 12.7. The number of aryl methyl sites for hydroxylation is 3. The Balaban J connectivity index is 1.78. The average Bonchev–Trinajstić information content (AvgIpc) is 2.84. The van der Waals surface area contributed by atoms with E-state index in [2.05, 4.69) is 26.6 Å². The zero-order valence-corrected chi connectivity index (χ0v) is 22.7. The van der Waals surface area contributed by atoms with Crippen LogP contribution < -0.4 is 20.1 Å². The Kier molecular flexibility index (Phi) is 9.47. The molecule has 0 fully saturated rings. The SMILES string of the molecule is CCOc1cc(/C=C(\C#N)C(=O)Nc2cccc(C)c2)cc(Br)c1OCC(=O)Nc1cc(C)ccc1C. The molecule has 0 aliphatic carbocycles. The molecule has 0 saturated carbocycles. The van der Waals surface area contributed by atoms with Gasteiger partial charge in [0, 0.05) is 11.4 Å². The summed E-state index contributed by atoms with van der Waals surface area (Å²) in [5, 5.41) is 15.2. The van der Waals surface area contributed by atoms with Gasteiger partial charge in [-0.1, -0.05) is 24.3 Å². The predicted octanol–water partition coefficient (Wildman–Crippen LogP) is 6.34. The van der Waals surface area contributed by atoms with Crippen molar-refractivity contribution in [1.82, 2.24) is 0 Å². The van der Waals surface area contributed by atoms with Crippen LogP contribution in [0, 0.1) is 32.1 Å². The fraction of sp³-hybridized carbons (Fsp3) is 0.207. The van der Waals surface area contributed by atoms with E-state index in [9.17, 15) is 14.9 Å². The third-order valence-corrected chi connectivity index (χ3v) is 5.89. The summed E-state index contributed by atoms with van der Waals surface area (Å²) >= 11 is 3.47. The first-order valence-corrected chi connectivity index (χ1v) is 12.5. The number of hydrogen-bond acceptors (Lipinski definition) is 5. The Morgan fingerprint density at radius 1 is 1.00 bits per heavy atom. The van der Waals surface area contributed by atoms with Gasteiger partial charge in [-0.05, 0) is 102 Å². The maximum Gasteiger partial charge on any atom is 0.266 e. The van der Waals surface area contributed by atoms with Crippen molar-refractivity contribution < 1.29 is 19.1 Å². The molecule has 0 atom stereocenters. The summed E-state index contributed by atoms with van der Waals surface area (Å²) in [6.45, 7) is 7.73. The van der Waals surface area contributed by atoms with Gasteiger partial charge in [0.1, 0.15) is 11.6 Å². The van der Waals surface area contributed by atoms with Crippen molar-refractivity contribution in [3.8, 4) is 17.6 Å². The first-order chi connectivity index (χ1) is 17.7. The minimum Gasteiger partial charge on any atom is -0.490 e. The van der Waals surface area contributed by atoms with Crippen LogP contribution in [-0.4, -0.2) is 25.0 Å². The van der Waals surface area contributed by atoms with E-state index in [1.54, 1.807) is 18.2 Å². The van der Waals surface area contributed by atoms with Crippen molar-refractivity contribution in [2.24, 2.45) is 0 Å². The minimum atomic E-state index is -0.523. The molecule has 8 heteroatoms. The first-order valence-electron chi connectivity index (χ1n) is 11.7. The normalized spacial score (nSPS) is 10.9. The van der Waals surface area contributed by atoms with E-state index in [1.165, 1.54) is 6.08 Å². The number of benzene rings is 3. The summed E-state index contributed by atoms with van der Waals surface area (Å²) in [4.78, 5) is 25.2. The van der Waals surface area contributed by atoms with Gasteiger partial charge in [0.25, 0.3) is 11.8 Å². The van der Waals surface area contributed by atoms with Crippen LogP contribution in [0.25, 0.3) is 6.08 Å². The van der Waals surface area contributed by atoms with Crippen LogP contribution in [-0.2, 0) is 9.59 Å². The van der Waals surface area contributed by atoms with Crippen LogP contribution in [0.15, 0.2) is 64.6 Å². The van der Waals surface area contributed by atoms with Crippen molar-refractivity contribution in [3.63, 3.8) is 0 Å². The smallest absolute Gasteiger partial charge is 0.266 e. The topological polar surface area (TPSA) is 100 Å². The molecule has 0 radical (unpaired) electrons. The lowest BCUT2D eigenvalue weighted by atomic mass is 10.1. The highest BCUT2D eigenvalue weighted by Crippen LogP contribution is 2.37. The van der Waals surface area contributed by atoms with Crippen molar-refractivity contribution in [2.45, 2.75) is 27.7 Å². The molecule has 0 heterocycles. The molecular formula is C29H28BrN3O4. The molecule has 7 nitrogen and oxygen atoms in total. The molecule has 3 rings (SSSR count). The molecule has 0 aliphatic heterocycles. The van der Waals surface area contributed by atoms with Crippen molar-refractivity contribution in [2.75, 3.05) is 23.8 Å². The van der Waals surface area contributed by atoms with E-state index in [-0.39, 0.29) is 18.1 Å². The molecule has 2 amide bonds. The summed E-state index contributed by atoms with van der Waals surface area (Å²) in [6, 6.07) is 18.4. The predicted molar refractivity (Wildman–Crippen MR) is 149 cm³/mol. The van der Waals surface area contributed by atoms with Crippen LogP contribution in [0.1, 0.15) is 29.2 Å². The minimum absolute atomic E-state index is 0.0718. The molecule has 2 N–H and O–H groups in total. The highest BCUT2D eigenvalue weighted by atomic mass is 79.9. The molecule has 0 spiro atoms. The Labute approximate surface area is 225 Å². The Morgan fingerprint density at radius 3 is 2.46 bits per heavy atom. The molecule has 0 unspecified atom stereocenters. The molecule has 0 bridgehead atoms. The maximum absolute atomic E-state index is 12.7. The molecule has 190 valence electrons. The molecule has 3 aromatic rings. The number of amides is 2. The number of anilines is 2. The second-order valence-electron chi connectivity index (χ2n) is 8.41. The van der Waals surface area contributed by atoms with Gasteiger partial charge in [0.2, 0.25) is 0 Å². The molecule has 0 aliphatic rings. The lowest BCUT2D eigenvalue weighted by molar-refractivity contribution is -0.118. The number of nitrogens with one attached hydrogen (secondary N) is 2. The summed E-state index contributed by atoms with van der Waals surface area (Å²) in [5.41, 5.74) is 4.79. The lowest BCUT2D eigenvalue weighted by Gasteiger charge is -2.15. The fourth-order valence-electron chi connectivity index (χ4n) is 3.51. The van der Waals surface area contributed by atoms with Crippen LogP contribution in [0.2, 0.25) is 0 Å². The maximum atomic E-state index is 12.7. The lowest BCUT2D eigenvalue weighted by Crippen LogP contribution is -2.21. The number of halogens is 1. The average molecular weight is 562 g/mol. The molecular weight excluding hydrogens is 534 g/mol. The van der Waals surface area contributed by atoms with Gasteiger partial charge in [-0.25, -0.2) is 0 Å². The fourth-order valence-corrected chi connectivity index (χ4v) is 4.08. The first kappa shape index (κ1) is 27.5. The third kappa shape index (κ3) is 7.69. The van der Waals surface area contributed by atoms with Crippen LogP contribution >= 0.6 is 15.9 Å². The second-order valence-corrected chi connectivity index (χ2v) is 9.27. The highest BCUT2D eigenvalue weighted by Gasteiger charge is 2.16. The van der Waals surface area contributed by atoms with Crippen molar-refractivity contribution >= 4 is 45.2 Å². The van der Waals surface area contributed by atoms with Crippen LogP contribution in [0.5, 0.6) is 11.5 Å².